The molecule has 0 saturated carbocycles. The molecular formula is C12H18N4O2. The lowest BCUT2D eigenvalue weighted by Gasteiger charge is -2.20. The molecule has 0 spiro atoms. The highest BCUT2D eigenvalue weighted by Gasteiger charge is 2.16. The number of ether oxygens (including phenoxy) is 1. The van der Waals surface area contributed by atoms with Crippen LogP contribution < -0.4 is 16.2 Å². The summed E-state index contributed by atoms with van der Waals surface area (Å²) in [5.41, 5.74) is 0.00702. The summed E-state index contributed by atoms with van der Waals surface area (Å²) in [5.74, 6) is 6.08. The first kappa shape index (κ1) is 14.0. The van der Waals surface area contributed by atoms with E-state index in [9.17, 15) is 4.79 Å². The summed E-state index contributed by atoms with van der Waals surface area (Å²) >= 11 is 0. The SMILES string of the molecule is C=CN(N)c1cc(NC(=O)OC(C)(C)C)ccn1. The van der Waals surface area contributed by atoms with Crippen LogP contribution in [-0.2, 0) is 4.74 Å². The molecule has 1 heterocycles. The molecule has 0 saturated heterocycles. The molecule has 0 aliphatic carbocycles. The van der Waals surface area contributed by atoms with Gasteiger partial charge in [-0.1, -0.05) is 6.58 Å². The molecule has 0 unspecified atom stereocenters. The van der Waals surface area contributed by atoms with Crippen LogP contribution in [0.15, 0.2) is 31.1 Å². The van der Waals surface area contributed by atoms with Crippen molar-refractivity contribution in [3.63, 3.8) is 0 Å². The Balaban J connectivity index is 2.73. The summed E-state index contributed by atoms with van der Waals surface area (Å²) in [6.07, 6.45) is 2.42. The van der Waals surface area contributed by atoms with Gasteiger partial charge < -0.3 is 4.74 Å². The van der Waals surface area contributed by atoms with Crippen molar-refractivity contribution >= 4 is 17.6 Å². The smallest absolute Gasteiger partial charge is 0.412 e. The molecule has 0 atom stereocenters. The van der Waals surface area contributed by atoms with Crippen molar-refractivity contribution in [1.29, 1.82) is 0 Å². The zero-order chi connectivity index (χ0) is 13.8. The first-order valence-corrected chi connectivity index (χ1v) is 5.44. The highest BCUT2D eigenvalue weighted by atomic mass is 16.6. The minimum atomic E-state index is -0.541. The highest BCUT2D eigenvalue weighted by Crippen LogP contribution is 2.15. The number of nitrogens with zero attached hydrogens (tertiary/aromatic N) is 2. The third-order valence-electron chi connectivity index (χ3n) is 1.85. The van der Waals surface area contributed by atoms with Crippen LogP contribution in [0.2, 0.25) is 0 Å². The van der Waals surface area contributed by atoms with E-state index in [1.54, 1.807) is 32.9 Å². The number of rotatable bonds is 3. The van der Waals surface area contributed by atoms with E-state index in [2.05, 4.69) is 16.9 Å². The van der Waals surface area contributed by atoms with Crippen molar-refractivity contribution in [2.45, 2.75) is 26.4 Å². The van der Waals surface area contributed by atoms with Gasteiger partial charge in [0, 0.05) is 24.2 Å². The third kappa shape index (κ3) is 4.42. The van der Waals surface area contributed by atoms with Crippen molar-refractivity contribution in [2.75, 3.05) is 10.3 Å². The second-order valence-corrected chi connectivity index (χ2v) is 4.62. The molecule has 1 aromatic heterocycles. The maximum Gasteiger partial charge on any atom is 0.412 e. The highest BCUT2D eigenvalue weighted by molar-refractivity contribution is 5.85. The minimum Gasteiger partial charge on any atom is -0.444 e. The van der Waals surface area contributed by atoms with Crippen LogP contribution in [0.4, 0.5) is 16.3 Å². The van der Waals surface area contributed by atoms with Crippen LogP contribution >= 0.6 is 0 Å². The number of anilines is 2. The van der Waals surface area contributed by atoms with Gasteiger partial charge in [-0.3, -0.25) is 10.3 Å². The van der Waals surface area contributed by atoms with Gasteiger partial charge in [-0.25, -0.2) is 15.6 Å². The average Bonchev–Trinajstić information content (AvgIpc) is 2.25. The molecule has 1 amide bonds. The fourth-order valence-electron chi connectivity index (χ4n) is 1.15. The topological polar surface area (TPSA) is 80.5 Å². The van der Waals surface area contributed by atoms with Gasteiger partial charge in [0.15, 0.2) is 0 Å². The van der Waals surface area contributed by atoms with Gasteiger partial charge in [0.1, 0.15) is 11.4 Å². The molecule has 98 valence electrons. The van der Waals surface area contributed by atoms with Gasteiger partial charge in [0.2, 0.25) is 0 Å². The average molecular weight is 250 g/mol. The predicted molar refractivity (Wildman–Crippen MR) is 71.0 cm³/mol. The molecule has 1 rings (SSSR count). The number of carbonyl (C=O) groups is 1. The molecule has 6 heteroatoms. The Morgan fingerprint density at radius 3 is 2.83 bits per heavy atom. The Kier molecular flexibility index (Phi) is 4.28. The van der Waals surface area contributed by atoms with Gasteiger partial charge in [-0.15, -0.1) is 0 Å². The monoisotopic (exact) mass is 250 g/mol. The van der Waals surface area contributed by atoms with Crippen molar-refractivity contribution in [3.05, 3.63) is 31.1 Å². The normalized spacial score (nSPS) is 10.7. The van der Waals surface area contributed by atoms with E-state index in [1.807, 2.05) is 0 Å². The van der Waals surface area contributed by atoms with Gasteiger partial charge in [-0.05, 0) is 26.8 Å². The molecule has 3 N–H and O–H groups in total. The Bertz CT molecular complexity index is 440. The van der Waals surface area contributed by atoms with E-state index in [-0.39, 0.29) is 0 Å². The summed E-state index contributed by atoms with van der Waals surface area (Å²) in [5, 5.41) is 3.85. The number of hydrogen-bond acceptors (Lipinski definition) is 5. The van der Waals surface area contributed by atoms with E-state index in [0.29, 0.717) is 11.5 Å². The molecule has 0 aliphatic rings. The second-order valence-electron chi connectivity index (χ2n) is 4.62. The number of pyridine rings is 1. The van der Waals surface area contributed by atoms with Crippen molar-refractivity contribution in [2.24, 2.45) is 5.84 Å². The molecule has 0 radical (unpaired) electrons. The van der Waals surface area contributed by atoms with Crippen LogP contribution in [0.25, 0.3) is 0 Å². The molecule has 1 aromatic rings. The molecule has 0 aromatic carbocycles. The second kappa shape index (κ2) is 5.50. The van der Waals surface area contributed by atoms with Crippen molar-refractivity contribution in [1.82, 2.24) is 4.98 Å². The molecular weight excluding hydrogens is 232 g/mol. The van der Waals surface area contributed by atoms with Gasteiger partial charge in [-0.2, -0.15) is 0 Å². The first-order valence-electron chi connectivity index (χ1n) is 5.44. The number of aromatic nitrogens is 1. The van der Waals surface area contributed by atoms with E-state index in [0.717, 1.165) is 0 Å². The zero-order valence-electron chi connectivity index (χ0n) is 10.8. The fourth-order valence-corrected chi connectivity index (χ4v) is 1.15. The van der Waals surface area contributed by atoms with Gasteiger partial charge in [0.25, 0.3) is 0 Å². The maximum absolute atomic E-state index is 11.6. The first-order chi connectivity index (χ1) is 8.31. The van der Waals surface area contributed by atoms with E-state index in [1.165, 1.54) is 17.4 Å². The third-order valence-corrected chi connectivity index (χ3v) is 1.85. The Labute approximate surface area is 106 Å². The summed E-state index contributed by atoms with van der Waals surface area (Å²) < 4.78 is 5.13. The van der Waals surface area contributed by atoms with E-state index in [4.69, 9.17) is 10.6 Å². The van der Waals surface area contributed by atoms with Gasteiger partial charge >= 0.3 is 6.09 Å². The lowest BCUT2D eigenvalue weighted by atomic mass is 10.2. The van der Waals surface area contributed by atoms with Crippen molar-refractivity contribution in [3.8, 4) is 0 Å². The van der Waals surface area contributed by atoms with E-state index >= 15 is 0 Å². The van der Waals surface area contributed by atoms with Crippen molar-refractivity contribution < 1.29 is 9.53 Å². The Hall–Kier alpha value is -2.08. The van der Waals surface area contributed by atoms with Crippen LogP contribution in [0.5, 0.6) is 0 Å². The Morgan fingerprint density at radius 1 is 1.61 bits per heavy atom. The molecule has 0 bridgehead atoms. The summed E-state index contributed by atoms with van der Waals surface area (Å²) in [6.45, 7) is 8.91. The van der Waals surface area contributed by atoms with Crippen LogP contribution in [0.3, 0.4) is 0 Å². The minimum absolute atomic E-state index is 0.471. The number of nitrogens with one attached hydrogen (secondary N) is 1. The summed E-state index contributed by atoms with van der Waals surface area (Å²) in [4.78, 5) is 15.6. The predicted octanol–water partition coefficient (Wildman–Crippen LogP) is 2.25. The standard InChI is InChI=1S/C12H18N4O2/c1-5-16(13)10-8-9(6-7-14-10)15-11(17)18-12(2,3)4/h5-8H,1,13H2,2-4H3,(H,14,15,17). The van der Waals surface area contributed by atoms with Crippen LogP contribution in [0.1, 0.15) is 20.8 Å². The molecule has 0 aliphatic heterocycles. The lowest BCUT2D eigenvalue weighted by molar-refractivity contribution is 0.0636. The van der Waals surface area contributed by atoms with Crippen LogP contribution in [-0.4, -0.2) is 16.7 Å². The fraction of sp³-hybridized carbons (Fsp3) is 0.333. The number of hydrazine groups is 1. The quantitative estimate of drug-likeness (QED) is 0.635. The van der Waals surface area contributed by atoms with Crippen LogP contribution in [0, 0.1) is 0 Å². The lowest BCUT2D eigenvalue weighted by Crippen LogP contribution is -2.27. The molecule has 0 fully saturated rings. The largest absolute Gasteiger partial charge is 0.444 e. The number of amides is 1. The number of carbonyl (C=O) groups excluding carboxylic acids is 1. The Morgan fingerprint density at radius 2 is 2.28 bits per heavy atom. The summed E-state index contributed by atoms with van der Waals surface area (Å²) in [6, 6.07) is 3.26. The molecule has 18 heavy (non-hydrogen) atoms. The maximum atomic E-state index is 11.6. The number of hydrogen-bond donors (Lipinski definition) is 2. The zero-order valence-corrected chi connectivity index (χ0v) is 10.8. The molecule has 6 nitrogen and oxygen atoms in total. The number of nitrogens with two attached hydrogens (primary N) is 1. The van der Waals surface area contributed by atoms with Gasteiger partial charge in [0.05, 0.1) is 0 Å². The summed E-state index contributed by atoms with van der Waals surface area (Å²) in [7, 11) is 0. The van der Waals surface area contributed by atoms with E-state index < -0.39 is 11.7 Å².